The third kappa shape index (κ3) is 8.54. The maximum Gasteiger partial charge on any atom is 0.227 e. The van der Waals surface area contributed by atoms with E-state index in [1.807, 2.05) is 42.2 Å². The third-order valence-corrected chi connectivity index (χ3v) is 8.10. The van der Waals surface area contributed by atoms with Crippen molar-refractivity contribution in [1.29, 1.82) is 0 Å². The van der Waals surface area contributed by atoms with E-state index in [1.54, 1.807) is 30.3 Å². The Morgan fingerprint density at radius 3 is 2.32 bits per heavy atom. The number of piperidine rings is 1. The molecule has 2 aromatic rings. The van der Waals surface area contributed by atoms with Gasteiger partial charge in [-0.1, -0.05) is 48.5 Å². The first-order chi connectivity index (χ1) is 17.7. The fraction of sp³-hybridized carbons (Fsp3) is 0.448. The Labute approximate surface area is 221 Å². The number of rotatable bonds is 12. The van der Waals surface area contributed by atoms with Gasteiger partial charge in [0.15, 0.2) is 9.84 Å². The van der Waals surface area contributed by atoms with Gasteiger partial charge < -0.3 is 15.1 Å². The van der Waals surface area contributed by atoms with Gasteiger partial charge in [-0.15, -0.1) is 6.58 Å². The van der Waals surface area contributed by atoms with Crippen molar-refractivity contribution in [3.8, 4) is 0 Å². The Bertz CT molecular complexity index is 1140. The van der Waals surface area contributed by atoms with Crippen molar-refractivity contribution in [2.45, 2.75) is 56.0 Å². The van der Waals surface area contributed by atoms with E-state index < -0.39 is 9.84 Å². The molecular weight excluding hydrogens is 486 g/mol. The Hall–Kier alpha value is -2.97. The summed E-state index contributed by atoms with van der Waals surface area (Å²) in [4.78, 5) is 29.9. The summed E-state index contributed by atoms with van der Waals surface area (Å²) in [6.07, 6.45) is 6.00. The normalized spacial score (nSPS) is 15.6. The monoisotopic (exact) mass is 525 g/mol. The van der Waals surface area contributed by atoms with Gasteiger partial charge in [-0.3, -0.25) is 9.59 Å². The van der Waals surface area contributed by atoms with Crippen molar-refractivity contribution in [3.63, 3.8) is 0 Å². The highest BCUT2D eigenvalue weighted by atomic mass is 32.2. The van der Waals surface area contributed by atoms with E-state index in [0.717, 1.165) is 50.0 Å². The smallest absolute Gasteiger partial charge is 0.227 e. The van der Waals surface area contributed by atoms with Crippen molar-refractivity contribution in [2.24, 2.45) is 0 Å². The highest BCUT2D eigenvalue weighted by Crippen LogP contribution is 2.22. The summed E-state index contributed by atoms with van der Waals surface area (Å²) in [6, 6.07) is 16.8. The van der Waals surface area contributed by atoms with Crippen LogP contribution >= 0.6 is 0 Å². The Kier molecular flexibility index (Phi) is 10.5. The van der Waals surface area contributed by atoms with E-state index in [4.69, 9.17) is 0 Å². The molecule has 1 fully saturated rings. The number of carbonyl (C=O) groups excluding carboxylic acids is 2. The molecule has 2 amide bonds. The molecule has 1 N–H and O–H groups in total. The van der Waals surface area contributed by atoms with Gasteiger partial charge in [0.05, 0.1) is 17.4 Å². The summed E-state index contributed by atoms with van der Waals surface area (Å²) < 4.78 is 23.4. The van der Waals surface area contributed by atoms with E-state index in [1.165, 1.54) is 6.26 Å². The second-order valence-electron chi connectivity index (χ2n) is 9.66. The second kappa shape index (κ2) is 13.5. The summed E-state index contributed by atoms with van der Waals surface area (Å²) >= 11 is 0. The lowest BCUT2D eigenvalue weighted by atomic mass is 9.99. The van der Waals surface area contributed by atoms with Crippen LogP contribution in [0.1, 0.15) is 49.8 Å². The van der Waals surface area contributed by atoms with Crippen LogP contribution in [-0.4, -0.2) is 68.5 Å². The number of hydrogen-bond donors (Lipinski definition) is 1. The first-order valence-electron chi connectivity index (χ1n) is 13.0. The molecule has 2 aromatic carbocycles. The van der Waals surface area contributed by atoms with E-state index in [-0.39, 0.29) is 35.2 Å². The molecule has 1 aliphatic heterocycles. The Balaban J connectivity index is 1.52. The molecule has 3 rings (SSSR count). The molecular formula is C29H39N3O4S. The summed E-state index contributed by atoms with van der Waals surface area (Å²) in [7, 11) is -3.25. The quantitative estimate of drug-likeness (QED) is 0.427. The lowest BCUT2D eigenvalue weighted by Crippen LogP contribution is -2.48. The van der Waals surface area contributed by atoms with Gasteiger partial charge in [-0.25, -0.2) is 8.42 Å². The van der Waals surface area contributed by atoms with Gasteiger partial charge in [0, 0.05) is 44.9 Å². The van der Waals surface area contributed by atoms with Gasteiger partial charge in [-0.05, 0) is 49.4 Å². The molecule has 0 aliphatic carbocycles. The van der Waals surface area contributed by atoms with Crippen molar-refractivity contribution in [2.75, 3.05) is 32.4 Å². The van der Waals surface area contributed by atoms with E-state index >= 15 is 0 Å². The van der Waals surface area contributed by atoms with Crippen LogP contribution in [0.25, 0.3) is 0 Å². The van der Waals surface area contributed by atoms with E-state index in [9.17, 15) is 18.0 Å². The second-order valence-corrected chi connectivity index (χ2v) is 11.7. The molecule has 0 saturated carbocycles. The minimum atomic E-state index is -3.25. The molecule has 0 radical (unpaired) electrons. The zero-order valence-corrected chi connectivity index (χ0v) is 22.8. The molecule has 1 saturated heterocycles. The van der Waals surface area contributed by atoms with Gasteiger partial charge in [0.2, 0.25) is 11.8 Å². The topological polar surface area (TPSA) is 86.8 Å². The minimum absolute atomic E-state index is 0.0226. The zero-order chi connectivity index (χ0) is 26.8. The standard InChI is InChI=1S/C29H39N3O4S/c1-4-9-28(33)30-27(24-10-7-6-8-11-24)18-21-31-19-16-25(17-20-31)32(5-2)29(34)22-23-12-14-26(15-13-23)37(3,35)36/h4,6-8,10-15,25,27H,1,5,9,16-22H2,2-3H3,(H,30,33). The number of likely N-dealkylation sites (tertiary alicyclic amines) is 1. The van der Waals surface area contributed by atoms with E-state index in [2.05, 4.69) is 16.8 Å². The van der Waals surface area contributed by atoms with Crippen LogP contribution in [0.2, 0.25) is 0 Å². The maximum absolute atomic E-state index is 13.1. The fourth-order valence-electron chi connectivity index (χ4n) is 4.93. The number of nitrogens with zero attached hydrogens (tertiary/aromatic N) is 2. The Morgan fingerprint density at radius 1 is 1.11 bits per heavy atom. The molecule has 0 aromatic heterocycles. The molecule has 1 heterocycles. The molecule has 0 spiro atoms. The molecule has 0 bridgehead atoms. The average molecular weight is 526 g/mol. The first-order valence-corrected chi connectivity index (χ1v) is 14.9. The number of hydrogen-bond acceptors (Lipinski definition) is 5. The minimum Gasteiger partial charge on any atom is -0.349 e. The van der Waals surface area contributed by atoms with Crippen LogP contribution < -0.4 is 5.32 Å². The molecule has 1 aliphatic rings. The number of benzene rings is 2. The number of sulfone groups is 1. The van der Waals surface area contributed by atoms with Crippen LogP contribution in [0.15, 0.2) is 72.1 Å². The largest absolute Gasteiger partial charge is 0.349 e. The highest BCUT2D eigenvalue weighted by Gasteiger charge is 2.27. The van der Waals surface area contributed by atoms with Crippen LogP contribution in [-0.2, 0) is 25.8 Å². The summed E-state index contributed by atoms with van der Waals surface area (Å²) in [5, 5.41) is 3.14. The van der Waals surface area contributed by atoms with Gasteiger partial charge in [0.1, 0.15) is 0 Å². The summed E-state index contributed by atoms with van der Waals surface area (Å²) in [5.74, 6) is 0.0488. The number of likely N-dealkylation sites (N-methyl/N-ethyl adjacent to an activating group) is 1. The fourth-order valence-corrected chi connectivity index (χ4v) is 5.56. The van der Waals surface area contributed by atoms with Gasteiger partial charge in [-0.2, -0.15) is 0 Å². The van der Waals surface area contributed by atoms with Crippen LogP contribution in [0, 0.1) is 0 Å². The van der Waals surface area contributed by atoms with Gasteiger partial charge in [0.25, 0.3) is 0 Å². The summed E-state index contributed by atoms with van der Waals surface area (Å²) in [5.41, 5.74) is 1.92. The van der Waals surface area contributed by atoms with Crippen molar-refractivity contribution in [1.82, 2.24) is 15.1 Å². The van der Waals surface area contributed by atoms with Crippen LogP contribution in [0.3, 0.4) is 0 Å². The molecule has 1 unspecified atom stereocenters. The zero-order valence-electron chi connectivity index (χ0n) is 21.9. The predicted octanol–water partition coefficient (Wildman–Crippen LogP) is 3.77. The van der Waals surface area contributed by atoms with Crippen molar-refractivity contribution >= 4 is 21.7 Å². The van der Waals surface area contributed by atoms with Gasteiger partial charge >= 0.3 is 0 Å². The summed E-state index contributed by atoms with van der Waals surface area (Å²) in [6.45, 7) is 8.99. The predicted molar refractivity (Wildman–Crippen MR) is 147 cm³/mol. The van der Waals surface area contributed by atoms with Crippen molar-refractivity contribution in [3.05, 3.63) is 78.4 Å². The molecule has 1 atom stereocenters. The van der Waals surface area contributed by atoms with Crippen molar-refractivity contribution < 1.29 is 18.0 Å². The number of nitrogens with one attached hydrogen (secondary N) is 1. The highest BCUT2D eigenvalue weighted by molar-refractivity contribution is 7.90. The SMILES string of the molecule is C=CCC(=O)NC(CCN1CCC(N(CC)C(=O)Cc2ccc(S(C)(=O)=O)cc2)CC1)c1ccccc1. The van der Waals surface area contributed by atoms with E-state index in [0.29, 0.717) is 13.0 Å². The molecule has 37 heavy (non-hydrogen) atoms. The Morgan fingerprint density at radius 2 is 1.76 bits per heavy atom. The van der Waals surface area contributed by atoms with Crippen LogP contribution in [0.5, 0.6) is 0 Å². The number of amides is 2. The molecule has 7 nitrogen and oxygen atoms in total. The maximum atomic E-state index is 13.1. The number of carbonyl (C=O) groups is 2. The first kappa shape index (κ1) is 28.6. The lowest BCUT2D eigenvalue weighted by Gasteiger charge is -2.38. The van der Waals surface area contributed by atoms with Crippen LogP contribution in [0.4, 0.5) is 0 Å². The molecule has 8 heteroatoms. The molecule has 200 valence electrons. The third-order valence-electron chi connectivity index (χ3n) is 6.97. The lowest BCUT2D eigenvalue weighted by molar-refractivity contribution is -0.133. The average Bonchev–Trinajstić information content (AvgIpc) is 2.88.